The molecule has 5 nitrogen and oxygen atoms in total. The predicted octanol–water partition coefficient (Wildman–Crippen LogP) is 2.73. The molecule has 1 aromatic rings. The van der Waals surface area contributed by atoms with E-state index in [1.807, 2.05) is 6.92 Å². The van der Waals surface area contributed by atoms with E-state index in [1.165, 1.54) is 44.2 Å². The average molecular weight is 342 g/mol. The number of carbonyl (C=O) groups is 1. The molecule has 0 radical (unpaired) electrons. The number of hydrogen-bond acceptors (Lipinski definition) is 4. The summed E-state index contributed by atoms with van der Waals surface area (Å²) in [6.45, 7) is 1.91. The van der Waals surface area contributed by atoms with E-state index in [4.69, 9.17) is 5.14 Å². The van der Waals surface area contributed by atoms with Crippen LogP contribution in [-0.4, -0.2) is 24.8 Å². The van der Waals surface area contributed by atoms with Gasteiger partial charge in [0.05, 0.1) is 10.1 Å². The van der Waals surface area contributed by atoms with Crippen LogP contribution in [-0.2, 0) is 14.8 Å². The highest BCUT2D eigenvalue weighted by atomic mass is 32.2. The Hall–Kier alpha value is -1.05. The first-order chi connectivity index (χ1) is 10.4. The van der Waals surface area contributed by atoms with Crippen LogP contribution < -0.4 is 10.5 Å². The van der Waals surface area contributed by atoms with E-state index in [2.05, 4.69) is 5.32 Å². The molecule has 1 aliphatic rings. The van der Waals surface area contributed by atoms with E-state index >= 15 is 0 Å². The van der Waals surface area contributed by atoms with Gasteiger partial charge < -0.3 is 5.32 Å². The van der Waals surface area contributed by atoms with Gasteiger partial charge in [-0.25, -0.2) is 13.6 Å². The number of amides is 1. The van der Waals surface area contributed by atoms with Crippen LogP contribution >= 0.6 is 11.8 Å². The largest absolute Gasteiger partial charge is 0.325 e. The maximum absolute atomic E-state index is 12.2. The Kier molecular flexibility index (Phi) is 5.88. The number of nitrogens with one attached hydrogen (secondary N) is 1. The quantitative estimate of drug-likeness (QED) is 0.861. The zero-order valence-electron chi connectivity index (χ0n) is 12.6. The molecule has 0 bridgehead atoms. The second-order valence-electron chi connectivity index (χ2n) is 5.60. The maximum Gasteiger partial charge on any atom is 0.238 e. The van der Waals surface area contributed by atoms with Gasteiger partial charge in [0.2, 0.25) is 15.9 Å². The Morgan fingerprint density at radius 3 is 2.36 bits per heavy atom. The molecule has 1 saturated carbocycles. The number of primary sulfonamides is 1. The van der Waals surface area contributed by atoms with Crippen molar-refractivity contribution in [2.24, 2.45) is 5.14 Å². The van der Waals surface area contributed by atoms with Crippen LogP contribution in [0.3, 0.4) is 0 Å². The molecule has 1 aliphatic carbocycles. The highest BCUT2D eigenvalue weighted by molar-refractivity contribution is 8.01. The van der Waals surface area contributed by atoms with E-state index in [0.717, 1.165) is 0 Å². The normalized spacial score (nSPS) is 17.9. The second-order valence-corrected chi connectivity index (χ2v) is 8.80. The SMILES string of the molecule is C[C@H](SC1CCCCC1)C(=O)Nc1ccc(S(N)(=O)=O)cc1. The minimum Gasteiger partial charge on any atom is -0.325 e. The van der Waals surface area contributed by atoms with E-state index in [1.54, 1.807) is 23.9 Å². The van der Waals surface area contributed by atoms with Gasteiger partial charge in [0.25, 0.3) is 0 Å². The molecule has 3 N–H and O–H groups in total. The molecule has 1 amide bonds. The van der Waals surface area contributed by atoms with Gasteiger partial charge >= 0.3 is 0 Å². The number of benzene rings is 1. The number of carbonyl (C=O) groups excluding carboxylic acids is 1. The van der Waals surface area contributed by atoms with Crippen LogP contribution in [0.15, 0.2) is 29.2 Å². The first-order valence-corrected chi connectivity index (χ1v) is 9.94. The molecule has 0 aromatic heterocycles. The third-order valence-corrected chi connectivity index (χ3v) is 6.18. The van der Waals surface area contributed by atoms with E-state index in [9.17, 15) is 13.2 Å². The molecular formula is C15H22N2O3S2. The summed E-state index contributed by atoms with van der Waals surface area (Å²) in [7, 11) is -3.70. The molecule has 0 unspecified atom stereocenters. The van der Waals surface area contributed by atoms with Gasteiger partial charge in [-0.2, -0.15) is 0 Å². The Bertz CT molecular complexity index is 608. The van der Waals surface area contributed by atoms with Crippen LogP contribution in [0.4, 0.5) is 5.69 Å². The minimum atomic E-state index is -3.70. The van der Waals surface area contributed by atoms with Crippen molar-refractivity contribution in [2.45, 2.75) is 54.4 Å². The molecule has 0 saturated heterocycles. The Morgan fingerprint density at radius 2 is 1.82 bits per heavy atom. The monoisotopic (exact) mass is 342 g/mol. The lowest BCUT2D eigenvalue weighted by molar-refractivity contribution is -0.115. The fraction of sp³-hybridized carbons (Fsp3) is 0.533. The lowest BCUT2D eigenvalue weighted by Crippen LogP contribution is -2.25. The molecule has 7 heteroatoms. The van der Waals surface area contributed by atoms with Crippen molar-refractivity contribution in [3.05, 3.63) is 24.3 Å². The summed E-state index contributed by atoms with van der Waals surface area (Å²) >= 11 is 1.73. The number of thioether (sulfide) groups is 1. The van der Waals surface area contributed by atoms with Crippen LogP contribution in [0.5, 0.6) is 0 Å². The van der Waals surface area contributed by atoms with Gasteiger partial charge in [-0.15, -0.1) is 11.8 Å². The molecule has 0 spiro atoms. The highest BCUT2D eigenvalue weighted by Crippen LogP contribution is 2.31. The number of hydrogen-bond donors (Lipinski definition) is 2. The van der Waals surface area contributed by atoms with Crippen LogP contribution in [0, 0.1) is 0 Å². The molecule has 0 heterocycles. The summed E-state index contributed by atoms with van der Waals surface area (Å²) < 4.78 is 22.4. The van der Waals surface area contributed by atoms with E-state index in [0.29, 0.717) is 10.9 Å². The molecule has 1 aromatic carbocycles. The minimum absolute atomic E-state index is 0.0372. The standard InChI is InChI=1S/C15H22N2O3S2/c1-11(21-13-5-3-2-4-6-13)15(18)17-12-7-9-14(10-8-12)22(16,19)20/h7-11,13H,2-6H2,1H3,(H,17,18)(H2,16,19,20)/t11-/m0/s1. The summed E-state index contributed by atoms with van der Waals surface area (Å²) in [5.74, 6) is -0.0565. The van der Waals surface area contributed by atoms with Crippen LogP contribution in [0.2, 0.25) is 0 Å². The van der Waals surface area contributed by atoms with Gasteiger partial charge in [0, 0.05) is 10.9 Å². The van der Waals surface area contributed by atoms with Gasteiger partial charge in [-0.1, -0.05) is 19.3 Å². The van der Waals surface area contributed by atoms with Gasteiger partial charge in [0.1, 0.15) is 0 Å². The smallest absolute Gasteiger partial charge is 0.238 e. The van der Waals surface area contributed by atoms with Crippen molar-refractivity contribution in [1.82, 2.24) is 0 Å². The number of rotatable bonds is 5. The van der Waals surface area contributed by atoms with Crippen molar-refractivity contribution in [2.75, 3.05) is 5.32 Å². The van der Waals surface area contributed by atoms with Crippen molar-refractivity contribution in [3.63, 3.8) is 0 Å². The van der Waals surface area contributed by atoms with Crippen LogP contribution in [0.25, 0.3) is 0 Å². The Morgan fingerprint density at radius 1 is 1.23 bits per heavy atom. The summed E-state index contributed by atoms with van der Waals surface area (Å²) in [6, 6.07) is 5.89. The topological polar surface area (TPSA) is 89.3 Å². The number of anilines is 1. The maximum atomic E-state index is 12.2. The van der Waals surface area contributed by atoms with Gasteiger partial charge in [-0.3, -0.25) is 4.79 Å². The predicted molar refractivity (Wildman–Crippen MR) is 90.4 cm³/mol. The summed E-state index contributed by atoms with van der Waals surface area (Å²) in [4.78, 5) is 12.2. The lowest BCUT2D eigenvalue weighted by atomic mass is 10.0. The van der Waals surface area contributed by atoms with Crippen molar-refractivity contribution in [1.29, 1.82) is 0 Å². The third-order valence-electron chi connectivity index (χ3n) is 3.77. The summed E-state index contributed by atoms with van der Waals surface area (Å²) in [5, 5.41) is 8.30. The zero-order valence-corrected chi connectivity index (χ0v) is 14.3. The number of nitrogens with two attached hydrogens (primary N) is 1. The zero-order chi connectivity index (χ0) is 16.2. The van der Waals surface area contributed by atoms with E-state index in [-0.39, 0.29) is 16.1 Å². The molecule has 1 fully saturated rings. The summed E-state index contributed by atoms with van der Waals surface area (Å²) in [6.07, 6.45) is 6.17. The molecule has 2 rings (SSSR count). The van der Waals surface area contributed by atoms with Crippen molar-refractivity contribution < 1.29 is 13.2 Å². The fourth-order valence-corrected chi connectivity index (χ4v) is 4.40. The average Bonchev–Trinajstić information content (AvgIpc) is 2.48. The highest BCUT2D eigenvalue weighted by Gasteiger charge is 2.21. The van der Waals surface area contributed by atoms with Crippen molar-refractivity contribution in [3.8, 4) is 0 Å². The Labute approximate surface area is 136 Å². The first kappa shape index (κ1) is 17.3. The number of sulfonamides is 1. The van der Waals surface area contributed by atoms with Crippen molar-refractivity contribution >= 4 is 33.4 Å². The third kappa shape index (κ3) is 5.00. The second kappa shape index (κ2) is 7.48. The Balaban J connectivity index is 1.90. The molecule has 122 valence electrons. The molecule has 22 heavy (non-hydrogen) atoms. The fourth-order valence-electron chi connectivity index (χ4n) is 2.52. The van der Waals surface area contributed by atoms with Crippen LogP contribution in [0.1, 0.15) is 39.0 Å². The summed E-state index contributed by atoms with van der Waals surface area (Å²) in [5.41, 5.74) is 0.577. The first-order valence-electron chi connectivity index (χ1n) is 7.45. The van der Waals surface area contributed by atoms with Gasteiger partial charge in [-0.05, 0) is 44.0 Å². The van der Waals surface area contributed by atoms with E-state index < -0.39 is 10.0 Å². The molecule has 1 atom stereocenters. The molecule has 0 aliphatic heterocycles. The van der Waals surface area contributed by atoms with Gasteiger partial charge in [0.15, 0.2) is 0 Å². The molecular weight excluding hydrogens is 320 g/mol. The lowest BCUT2D eigenvalue weighted by Gasteiger charge is -2.23.